The molecular weight excluding hydrogens is 348 g/mol. The summed E-state index contributed by atoms with van der Waals surface area (Å²) in [5, 5.41) is 5.42. The molecule has 1 aromatic rings. The highest BCUT2D eigenvalue weighted by Gasteiger charge is 2.42. The number of morpholine rings is 1. The molecule has 0 spiro atoms. The Bertz CT molecular complexity index is 700. The van der Waals surface area contributed by atoms with Crippen molar-refractivity contribution in [2.24, 2.45) is 0 Å². The van der Waals surface area contributed by atoms with Crippen LogP contribution in [0.25, 0.3) is 0 Å². The van der Waals surface area contributed by atoms with E-state index < -0.39 is 24.0 Å². The number of carbonyl (C=O) groups is 3. The molecule has 0 saturated carbocycles. The lowest BCUT2D eigenvalue weighted by atomic mass is 10.1. The van der Waals surface area contributed by atoms with Crippen molar-refractivity contribution in [3.8, 4) is 0 Å². The number of hydrogen-bond acceptors (Lipinski definition) is 5. The number of amides is 4. The van der Waals surface area contributed by atoms with E-state index in [1.807, 2.05) is 31.2 Å². The molecule has 1 aromatic carbocycles. The Morgan fingerprint density at radius 3 is 2.56 bits per heavy atom. The van der Waals surface area contributed by atoms with Gasteiger partial charge in [-0.15, -0.1) is 0 Å². The summed E-state index contributed by atoms with van der Waals surface area (Å²) in [7, 11) is 0. The number of benzene rings is 1. The molecule has 8 heteroatoms. The molecule has 27 heavy (non-hydrogen) atoms. The number of nitrogens with zero attached hydrogens (tertiary/aromatic N) is 2. The Morgan fingerprint density at radius 1 is 1.26 bits per heavy atom. The minimum absolute atomic E-state index is 0.341. The quantitative estimate of drug-likeness (QED) is 0.738. The third-order valence-electron chi connectivity index (χ3n) is 4.91. The van der Waals surface area contributed by atoms with Gasteiger partial charge in [-0.3, -0.25) is 14.5 Å². The maximum Gasteiger partial charge on any atom is 0.325 e. The molecule has 2 heterocycles. The second-order valence-corrected chi connectivity index (χ2v) is 6.81. The molecule has 146 valence electrons. The minimum Gasteiger partial charge on any atom is -0.378 e. The lowest BCUT2D eigenvalue weighted by Crippen LogP contribution is -2.46. The molecule has 0 unspecified atom stereocenters. The fourth-order valence-corrected chi connectivity index (χ4v) is 3.34. The van der Waals surface area contributed by atoms with Crippen LogP contribution in [0.3, 0.4) is 0 Å². The summed E-state index contributed by atoms with van der Waals surface area (Å²) in [4.78, 5) is 40.2. The van der Waals surface area contributed by atoms with Crippen molar-refractivity contribution in [3.63, 3.8) is 0 Å². The van der Waals surface area contributed by atoms with Crippen LogP contribution in [0.15, 0.2) is 24.3 Å². The molecular formula is C19H26N4O4. The first-order chi connectivity index (χ1) is 13.0. The van der Waals surface area contributed by atoms with Crippen LogP contribution in [-0.2, 0) is 14.3 Å². The number of urea groups is 1. The first kappa shape index (κ1) is 19.2. The van der Waals surface area contributed by atoms with Crippen molar-refractivity contribution in [1.82, 2.24) is 10.2 Å². The summed E-state index contributed by atoms with van der Waals surface area (Å²) in [5.41, 5.74) is 1.70. The molecule has 0 aliphatic carbocycles. The summed E-state index contributed by atoms with van der Waals surface area (Å²) in [5.74, 6) is -0.734. The lowest BCUT2D eigenvalue weighted by molar-refractivity contribution is -0.133. The summed E-state index contributed by atoms with van der Waals surface area (Å²) in [6, 6.07) is 5.60. The summed E-state index contributed by atoms with van der Waals surface area (Å²) in [6.45, 7) is 6.60. The van der Waals surface area contributed by atoms with Crippen molar-refractivity contribution < 1.29 is 19.1 Å². The van der Waals surface area contributed by atoms with Crippen LogP contribution in [0.4, 0.5) is 16.2 Å². The average Bonchev–Trinajstić information content (AvgIpc) is 2.96. The minimum atomic E-state index is -0.877. The highest BCUT2D eigenvalue weighted by atomic mass is 16.5. The van der Waals surface area contributed by atoms with E-state index in [9.17, 15) is 14.4 Å². The fourth-order valence-electron chi connectivity index (χ4n) is 3.34. The summed E-state index contributed by atoms with van der Waals surface area (Å²) < 4.78 is 5.35. The normalized spacial score (nSPS) is 21.2. The van der Waals surface area contributed by atoms with Crippen LogP contribution in [0.1, 0.15) is 26.7 Å². The Hall–Kier alpha value is -2.61. The van der Waals surface area contributed by atoms with Gasteiger partial charge in [-0.2, -0.15) is 0 Å². The smallest absolute Gasteiger partial charge is 0.325 e. The van der Waals surface area contributed by atoms with Crippen LogP contribution in [0, 0.1) is 0 Å². The van der Waals surface area contributed by atoms with Gasteiger partial charge >= 0.3 is 6.03 Å². The van der Waals surface area contributed by atoms with Gasteiger partial charge in [0.05, 0.1) is 13.2 Å². The Labute approximate surface area is 158 Å². The van der Waals surface area contributed by atoms with E-state index in [0.717, 1.165) is 30.1 Å². The molecule has 2 aliphatic rings. The zero-order valence-corrected chi connectivity index (χ0v) is 15.7. The van der Waals surface area contributed by atoms with Gasteiger partial charge in [-0.25, -0.2) is 4.79 Å². The topological polar surface area (TPSA) is 91.0 Å². The molecule has 2 atom stereocenters. The molecule has 4 amide bonds. The number of hydrogen-bond donors (Lipinski definition) is 2. The lowest BCUT2D eigenvalue weighted by Gasteiger charge is -2.29. The molecule has 0 aromatic heterocycles. The van der Waals surface area contributed by atoms with E-state index in [1.54, 1.807) is 6.92 Å². The molecule has 2 N–H and O–H groups in total. The van der Waals surface area contributed by atoms with Gasteiger partial charge in [0, 0.05) is 24.5 Å². The first-order valence-electron chi connectivity index (χ1n) is 9.38. The average molecular weight is 374 g/mol. The van der Waals surface area contributed by atoms with Crippen LogP contribution in [0.5, 0.6) is 0 Å². The van der Waals surface area contributed by atoms with Gasteiger partial charge in [-0.05, 0) is 37.6 Å². The van der Waals surface area contributed by atoms with E-state index in [2.05, 4.69) is 15.5 Å². The number of rotatable bonds is 6. The van der Waals surface area contributed by atoms with Crippen LogP contribution < -0.4 is 15.5 Å². The molecule has 3 rings (SSSR count). The van der Waals surface area contributed by atoms with E-state index in [-0.39, 0.29) is 5.91 Å². The maximum absolute atomic E-state index is 12.5. The Balaban J connectivity index is 1.61. The van der Waals surface area contributed by atoms with E-state index in [0.29, 0.717) is 25.3 Å². The highest BCUT2D eigenvalue weighted by Crippen LogP contribution is 2.20. The molecule has 0 bridgehead atoms. The third kappa shape index (κ3) is 4.21. The zero-order chi connectivity index (χ0) is 19.4. The van der Waals surface area contributed by atoms with Gasteiger partial charge < -0.3 is 20.3 Å². The van der Waals surface area contributed by atoms with Crippen LogP contribution >= 0.6 is 0 Å². The van der Waals surface area contributed by atoms with Crippen molar-refractivity contribution in [2.45, 2.75) is 38.8 Å². The predicted molar refractivity (Wildman–Crippen MR) is 102 cm³/mol. The van der Waals surface area contributed by atoms with E-state index >= 15 is 0 Å². The predicted octanol–water partition coefficient (Wildman–Crippen LogP) is 1.57. The highest BCUT2D eigenvalue weighted by molar-refractivity contribution is 6.09. The van der Waals surface area contributed by atoms with Crippen molar-refractivity contribution in [2.75, 3.05) is 36.5 Å². The first-order valence-corrected chi connectivity index (χ1v) is 9.38. The molecule has 2 aliphatic heterocycles. The Morgan fingerprint density at radius 2 is 1.93 bits per heavy atom. The standard InChI is InChI=1S/C19H26N4O4/c1-3-4-16-18(25)23(19(26)21-16)13(2)17(24)20-14-5-7-15(8-6-14)22-9-11-27-12-10-22/h5-8,13,16H,3-4,9-12H2,1-2H3,(H,20,24)(H,21,26)/t13-,16+/m0/s1. The SMILES string of the molecule is CCC[C@H]1NC(=O)N([C@@H](C)C(=O)Nc2ccc(N3CCOCC3)cc2)C1=O. The monoisotopic (exact) mass is 374 g/mol. The largest absolute Gasteiger partial charge is 0.378 e. The number of imide groups is 1. The number of anilines is 2. The van der Waals surface area contributed by atoms with Gasteiger partial charge in [0.2, 0.25) is 5.91 Å². The summed E-state index contributed by atoms with van der Waals surface area (Å²) in [6.07, 6.45) is 1.35. The van der Waals surface area contributed by atoms with Gasteiger partial charge in [0.15, 0.2) is 0 Å². The zero-order valence-electron chi connectivity index (χ0n) is 15.7. The second-order valence-electron chi connectivity index (χ2n) is 6.81. The Kier molecular flexibility index (Phi) is 5.95. The molecule has 2 fully saturated rings. The molecule has 0 radical (unpaired) electrons. The van der Waals surface area contributed by atoms with Gasteiger partial charge in [0.25, 0.3) is 5.91 Å². The van der Waals surface area contributed by atoms with Gasteiger partial charge in [0.1, 0.15) is 12.1 Å². The number of nitrogens with one attached hydrogen (secondary N) is 2. The molecule has 2 saturated heterocycles. The number of carbonyl (C=O) groups excluding carboxylic acids is 3. The van der Waals surface area contributed by atoms with Crippen LogP contribution in [0.2, 0.25) is 0 Å². The van der Waals surface area contributed by atoms with E-state index in [4.69, 9.17) is 4.74 Å². The maximum atomic E-state index is 12.5. The van der Waals surface area contributed by atoms with E-state index in [1.165, 1.54) is 0 Å². The molecule has 8 nitrogen and oxygen atoms in total. The number of ether oxygens (including phenoxy) is 1. The van der Waals surface area contributed by atoms with Crippen molar-refractivity contribution in [3.05, 3.63) is 24.3 Å². The van der Waals surface area contributed by atoms with Crippen molar-refractivity contribution in [1.29, 1.82) is 0 Å². The van der Waals surface area contributed by atoms with Crippen molar-refractivity contribution >= 4 is 29.2 Å². The fraction of sp³-hybridized carbons (Fsp3) is 0.526. The second kappa shape index (κ2) is 8.39. The van der Waals surface area contributed by atoms with Crippen LogP contribution in [-0.4, -0.2) is 61.1 Å². The summed E-state index contributed by atoms with van der Waals surface area (Å²) >= 11 is 0. The van der Waals surface area contributed by atoms with Gasteiger partial charge in [-0.1, -0.05) is 13.3 Å². The third-order valence-corrected chi connectivity index (χ3v) is 4.91.